The predicted molar refractivity (Wildman–Crippen MR) is 62.8 cm³/mol. The summed E-state index contributed by atoms with van der Waals surface area (Å²) in [5.41, 5.74) is 0. The average Bonchev–Trinajstić information content (AvgIpc) is 2.42. The Labute approximate surface area is 110 Å². The standard InChI is InChI=1S/C12H19F2NO4/c1-18-12(17)9-3-2-5-15(7-9)11(16)4-6-19-8-10(13)14/h9-10H,2-8H2,1H3. The molecule has 0 saturated carbocycles. The molecule has 1 aliphatic heterocycles. The van der Waals surface area contributed by atoms with Gasteiger partial charge in [0.2, 0.25) is 5.91 Å². The fourth-order valence-electron chi connectivity index (χ4n) is 2.05. The second-order valence-electron chi connectivity index (χ2n) is 4.42. The lowest BCUT2D eigenvalue weighted by molar-refractivity contribution is -0.149. The van der Waals surface area contributed by atoms with Gasteiger partial charge in [0.25, 0.3) is 6.43 Å². The van der Waals surface area contributed by atoms with Gasteiger partial charge < -0.3 is 14.4 Å². The van der Waals surface area contributed by atoms with E-state index in [0.717, 1.165) is 6.42 Å². The van der Waals surface area contributed by atoms with Gasteiger partial charge in [-0.2, -0.15) is 0 Å². The predicted octanol–water partition coefficient (Wildman–Crippen LogP) is 1.07. The Bertz CT molecular complexity index is 312. The van der Waals surface area contributed by atoms with E-state index in [4.69, 9.17) is 0 Å². The first-order chi connectivity index (χ1) is 9.04. The van der Waals surface area contributed by atoms with E-state index in [0.29, 0.717) is 19.5 Å². The molecule has 1 atom stereocenters. The molecule has 1 aliphatic rings. The quantitative estimate of drug-likeness (QED) is 0.539. The first kappa shape index (κ1) is 15.8. The number of amides is 1. The normalized spacial score (nSPS) is 19.6. The Hall–Kier alpha value is -1.24. The van der Waals surface area contributed by atoms with Crippen LogP contribution in [0.5, 0.6) is 0 Å². The molecule has 0 radical (unpaired) electrons. The molecule has 1 unspecified atom stereocenters. The van der Waals surface area contributed by atoms with E-state index in [1.165, 1.54) is 7.11 Å². The van der Waals surface area contributed by atoms with Crippen molar-refractivity contribution in [1.29, 1.82) is 0 Å². The van der Waals surface area contributed by atoms with Crippen LogP contribution >= 0.6 is 0 Å². The van der Waals surface area contributed by atoms with Crippen molar-refractivity contribution in [2.24, 2.45) is 5.92 Å². The van der Waals surface area contributed by atoms with Crippen molar-refractivity contribution in [3.05, 3.63) is 0 Å². The van der Waals surface area contributed by atoms with Crippen molar-refractivity contribution >= 4 is 11.9 Å². The minimum absolute atomic E-state index is 0.0252. The molecule has 0 aromatic heterocycles. The Kier molecular flexibility index (Phi) is 6.69. The molecule has 110 valence electrons. The van der Waals surface area contributed by atoms with Gasteiger partial charge in [-0.1, -0.05) is 0 Å². The molecule has 1 heterocycles. The lowest BCUT2D eigenvalue weighted by Crippen LogP contribution is -2.42. The molecule has 0 aliphatic carbocycles. The summed E-state index contributed by atoms with van der Waals surface area (Å²) in [5.74, 6) is -0.779. The van der Waals surface area contributed by atoms with Crippen LogP contribution in [0.3, 0.4) is 0 Å². The largest absolute Gasteiger partial charge is 0.469 e. The van der Waals surface area contributed by atoms with Gasteiger partial charge in [-0.05, 0) is 12.8 Å². The van der Waals surface area contributed by atoms with E-state index >= 15 is 0 Å². The van der Waals surface area contributed by atoms with Crippen molar-refractivity contribution < 1.29 is 27.8 Å². The van der Waals surface area contributed by atoms with Crippen LogP contribution in [0.15, 0.2) is 0 Å². The topological polar surface area (TPSA) is 55.8 Å². The molecule has 7 heteroatoms. The van der Waals surface area contributed by atoms with Gasteiger partial charge in [0.05, 0.1) is 26.1 Å². The summed E-state index contributed by atoms with van der Waals surface area (Å²) in [5, 5.41) is 0. The van der Waals surface area contributed by atoms with Gasteiger partial charge >= 0.3 is 5.97 Å². The number of carbonyl (C=O) groups excluding carboxylic acids is 2. The summed E-state index contributed by atoms with van der Waals surface area (Å²) < 4.78 is 33.0. The summed E-state index contributed by atoms with van der Waals surface area (Å²) in [4.78, 5) is 24.8. The molecule has 1 saturated heterocycles. The Morgan fingerprint density at radius 3 is 2.79 bits per heavy atom. The van der Waals surface area contributed by atoms with Crippen LogP contribution in [0.25, 0.3) is 0 Å². The highest BCUT2D eigenvalue weighted by atomic mass is 19.3. The first-order valence-electron chi connectivity index (χ1n) is 6.26. The molecule has 1 fully saturated rings. The van der Waals surface area contributed by atoms with Gasteiger partial charge in [0.1, 0.15) is 6.61 Å². The second-order valence-corrected chi connectivity index (χ2v) is 4.42. The van der Waals surface area contributed by atoms with E-state index in [1.807, 2.05) is 0 Å². The Balaban J connectivity index is 2.29. The molecule has 1 rings (SSSR count). The number of rotatable bonds is 6. The highest BCUT2D eigenvalue weighted by molar-refractivity contribution is 5.78. The molecule has 5 nitrogen and oxygen atoms in total. The number of hydrogen-bond acceptors (Lipinski definition) is 4. The third-order valence-electron chi connectivity index (χ3n) is 3.01. The summed E-state index contributed by atoms with van der Waals surface area (Å²) in [7, 11) is 1.32. The molecular weight excluding hydrogens is 260 g/mol. The smallest absolute Gasteiger partial charge is 0.310 e. The van der Waals surface area contributed by atoms with E-state index in [2.05, 4.69) is 9.47 Å². The average molecular weight is 279 g/mol. The zero-order chi connectivity index (χ0) is 14.3. The van der Waals surface area contributed by atoms with Crippen LogP contribution in [0.2, 0.25) is 0 Å². The number of hydrogen-bond donors (Lipinski definition) is 0. The molecule has 0 aromatic carbocycles. The summed E-state index contributed by atoms with van der Waals surface area (Å²) in [6.07, 6.45) is -1.02. The highest BCUT2D eigenvalue weighted by Crippen LogP contribution is 2.18. The third kappa shape index (κ3) is 5.50. The minimum Gasteiger partial charge on any atom is -0.469 e. The number of ether oxygens (including phenoxy) is 2. The van der Waals surface area contributed by atoms with Gasteiger partial charge in [0, 0.05) is 13.1 Å². The maximum Gasteiger partial charge on any atom is 0.310 e. The van der Waals surface area contributed by atoms with Crippen molar-refractivity contribution in [2.75, 3.05) is 33.4 Å². The number of methoxy groups -OCH3 is 1. The van der Waals surface area contributed by atoms with Crippen molar-refractivity contribution in [3.63, 3.8) is 0 Å². The number of nitrogens with zero attached hydrogens (tertiary/aromatic N) is 1. The lowest BCUT2D eigenvalue weighted by Gasteiger charge is -2.31. The van der Waals surface area contributed by atoms with Crippen LogP contribution in [-0.2, 0) is 19.1 Å². The van der Waals surface area contributed by atoms with Gasteiger partial charge in [-0.3, -0.25) is 9.59 Å². The fourth-order valence-corrected chi connectivity index (χ4v) is 2.05. The number of alkyl halides is 2. The van der Waals surface area contributed by atoms with E-state index in [1.54, 1.807) is 4.90 Å². The zero-order valence-corrected chi connectivity index (χ0v) is 10.9. The molecule has 19 heavy (non-hydrogen) atoms. The van der Waals surface area contributed by atoms with Gasteiger partial charge in [0.15, 0.2) is 0 Å². The third-order valence-corrected chi connectivity index (χ3v) is 3.01. The monoisotopic (exact) mass is 279 g/mol. The molecule has 0 aromatic rings. The van der Waals surface area contributed by atoms with Gasteiger partial charge in [-0.25, -0.2) is 8.78 Å². The maximum atomic E-state index is 11.8. The van der Waals surface area contributed by atoms with E-state index < -0.39 is 13.0 Å². The maximum absolute atomic E-state index is 11.8. The van der Waals surface area contributed by atoms with Crippen molar-refractivity contribution in [1.82, 2.24) is 4.90 Å². The van der Waals surface area contributed by atoms with Crippen LogP contribution in [-0.4, -0.2) is 56.6 Å². The Morgan fingerprint density at radius 2 is 2.16 bits per heavy atom. The van der Waals surface area contributed by atoms with Crippen LogP contribution in [0, 0.1) is 5.92 Å². The second kappa shape index (κ2) is 8.04. The number of carbonyl (C=O) groups is 2. The van der Waals surface area contributed by atoms with Crippen molar-refractivity contribution in [3.8, 4) is 0 Å². The zero-order valence-electron chi connectivity index (χ0n) is 10.9. The number of halogens is 2. The SMILES string of the molecule is COC(=O)C1CCCN(C(=O)CCOCC(F)F)C1. The molecule has 0 N–H and O–H groups in total. The molecule has 0 spiro atoms. The highest BCUT2D eigenvalue weighted by Gasteiger charge is 2.28. The lowest BCUT2D eigenvalue weighted by atomic mass is 9.98. The number of esters is 1. The molecule has 1 amide bonds. The minimum atomic E-state index is -2.52. The summed E-state index contributed by atoms with van der Waals surface area (Å²) in [6, 6.07) is 0. The fraction of sp³-hybridized carbons (Fsp3) is 0.833. The van der Waals surface area contributed by atoms with Crippen LogP contribution in [0.4, 0.5) is 8.78 Å². The first-order valence-corrected chi connectivity index (χ1v) is 6.26. The van der Waals surface area contributed by atoms with Crippen LogP contribution in [0.1, 0.15) is 19.3 Å². The summed E-state index contributed by atoms with van der Waals surface area (Å²) in [6.45, 7) is 0.238. The summed E-state index contributed by atoms with van der Waals surface area (Å²) >= 11 is 0. The molecule has 0 bridgehead atoms. The van der Waals surface area contributed by atoms with Crippen LogP contribution < -0.4 is 0 Å². The van der Waals surface area contributed by atoms with E-state index in [9.17, 15) is 18.4 Å². The van der Waals surface area contributed by atoms with E-state index in [-0.39, 0.29) is 30.8 Å². The Morgan fingerprint density at radius 1 is 1.42 bits per heavy atom. The number of likely N-dealkylation sites (tertiary alicyclic amines) is 1. The number of piperidine rings is 1. The molecular formula is C12H19F2NO4. The van der Waals surface area contributed by atoms with Gasteiger partial charge in [-0.15, -0.1) is 0 Å². The van der Waals surface area contributed by atoms with Crippen molar-refractivity contribution in [2.45, 2.75) is 25.7 Å².